The zero-order valence-corrected chi connectivity index (χ0v) is 8.99. The van der Waals surface area contributed by atoms with Crippen LogP contribution in [0.5, 0.6) is 0 Å². The van der Waals surface area contributed by atoms with Crippen LogP contribution in [-0.4, -0.2) is 13.2 Å². The number of para-hydroxylation sites is 1. The van der Waals surface area contributed by atoms with E-state index in [4.69, 9.17) is 0 Å². The molecule has 1 heterocycles. The number of rotatable bonds is 2. The van der Waals surface area contributed by atoms with Crippen molar-refractivity contribution in [1.82, 2.24) is 10.6 Å². The van der Waals surface area contributed by atoms with Crippen molar-refractivity contribution in [2.24, 2.45) is 4.99 Å². The Morgan fingerprint density at radius 3 is 2.93 bits per heavy atom. The molecule has 3 heteroatoms. The van der Waals surface area contributed by atoms with Gasteiger partial charge in [0, 0.05) is 12.3 Å². The lowest BCUT2D eigenvalue weighted by Gasteiger charge is -2.19. The molecule has 0 saturated heterocycles. The quantitative estimate of drug-likeness (QED) is 0.666. The van der Waals surface area contributed by atoms with Gasteiger partial charge in [0.1, 0.15) is 12.0 Å². The Hall–Kier alpha value is -1.77. The molecule has 2 rings (SSSR count). The van der Waals surface area contributed by atoms with Crippen molar-refractivity contribution in [2.75, 3.05) is 7.05 Å². The van der Waals surface area contributed by atoms with Crippen LogP contribution in [-0.2, 0) is 0 Å². The van der Waals surface area contributed by atoms with Crippen LogP contribution in [0.3, 0.4) is 0 Å². The summed E-state index contributed by atoms with van der Waals surface area (Å²) in [4.78, 5) is 4.57. The minimum Gasteiger partial charge on any atom is -0.374 e. The lowest BCUT2D eigenvalue weighted by Crippen LogP contribution is -2.46. The van der Waals surface area contributed by atoms with Gasteiger partial charge in [0.05, 0.1) is 5.36 Å². The smallest absolute Gasteiger partial charge is 0.139 e. The molecule has 1 aliphatic heterocycles. The molecule has 1 aromatic carbocycles. The van der Waals surface area contributed by atoms with Crippen LogP contribution in [0.2, 0.25) is 0 Å². The Morgan fingerprint density at radius 2 is 2.20 bits per heavy atom. The number of nitrogens with one attached hydrogen (secondary N) is 2. The highest BCUT2D eigenvalue weighted by Gasteiger charge is 2.08. The average Bonchev–Trinajstić information content (AvgIpc) is 2.28. The maximum atomic E-state index is 4.57. The first-order chi connectivity index (χ1) is 7.35. The van der Waals surface area contributed by atoms with Gasteiger partial charge < -0.3 is 10.6 Å². The van der Waals surface area contributed by atoms with E-state index in [1.165, 1.54) is 0 Å². The summed E-state index contributed by atoms with van der Waals surface area (Å²) in [6.45, 7) is 2.00. The lowest BCUT2D eigenvalue weighted by atomic mass is 10.2. The first-order valence-corrected chi connectivity index (χ1v) is 5.09. The van der Waals surface area contributed by atoms with Gasteiger partial charge in [-0.2, -0.15) is 0 Å². The van der Waals surface area contributed by atoms with Gasteiger partial charge >= 0.3 is 0 Å². The van der Waals surface area contributed by atoms with E-state index >= 15 is 0 Å². The summed E-state index contributed by atoms with van der Waals surface area (Å²) in [6.07, 6.45) is 4.07. The van der Waals surface area contributed by atoms with E-state index < -0.39 is 0 Å². The molecule has 0 bridgehead atoms. The second-order valence-corrected chi connectivity index (χ2v) is 3.39. The van der Waals surface area contributed by atoms with E-state index in [-0.39, 0.29) is 6.17 Å². The Morgan fingerprint density at radius 1 is 1.40 bits per heavy atom. The fourth-order valence-electron chi connectivity index (χ4n) is 1.69. The highest BCUT2D eigenvalue weighted by Crippen LogP contribution is 1.95. The van der Waals surface area contributed by atoms with E-state index in [1.807, 2.05) is 44.3 Å². The zero-order valence-electron chi connectivity index (χ0n) is 8.99. The topological polar surface area (TPSA) is 36.4 Å². The summed E-state index contributed by atoms with van der Waals surface area (Å²) < 4.78 is 0. The molecule has 1 aliphatic rings. The van der Waals surface area contributed by atoms with E-state index in [1.54, 1.807) is 0 Å². The molecule has 1 aromatic rings. The standard InChI is InChI=1S/C12H15N3/c1-3-6-11-14-10-8-5-4-7-9(10)12(13-2)15-11/h3-8,11,13,15H,1-2H3/b6-3+. The Bertz CT molecular complexity index is 488. The van der Waals surface area contributed by atoms with Crippen LogP contribution in [0, 0.1) is 0 Å². The molecule has 1 unspecified atom stereocenters. The predicted molar refractivity (Wildman–Crippen MR) is 61.4 cm³/mol. The summed E-state index contributed by atoms with van der Waals surface area (Å²) >= 11 is 0. The van der Waals surface area contributed by atoms with E-state index in [2.05, 4.69) is 21.7 Å². The molecule has 1 atom stereocenters. The number of hydrogen-bond acceptors (Lipinski definition) is 3. The molecule has 0 amide bonds. The predicted octanol–water partition coefficient (Wildman–Crippen LogP) is 0.0967. The molecule has 3 nitrogen and oxygen atoms in total. The fourth-order valence-corrected chi connectivity index (χ4v) is 1.69. The molecular weight excluding hydrogens is 186 g/mol. The van der Waals surface area contributed by atoms with Crippen LogP contribution in [0.4, 0.5) is 0 Å². The Balaban J connectivity index is 2.59. The largest absolute Gasteiger partial charge is 0.374 e. The fraction of sp³-hybridized carbons (Fsp3) is 0.250. The van der Waals surface area contributed by atoms with Gasteiger partial charge in [-0.1, -0.05) is 18.2 Å². The average molecular weight is 201 g/mol. The normalized spacial score (nSPS) is 19.3. The summed E-state index contributed by atoms with van der Waals surface area (Å²) in [5, 5.41) is 8.63. The second-order valence-electron chi connectivity index (χ2n) is 3.39. The number of benzene rings is 1. The third kappa shape index (κ3) is 1.86. The van der Waals surface area contributed by atoms with Crippen LogP contribution < -0.4 is 21.2 Å². The van der Waals surface area contributed by atoms with Crippen LogP contribution in [0.25, 0.3) is 5.82 Å². The zero-order chi connectivity index (χ0) is 10.7. The van der Waals surface area contributed by atoms with Crippen molar-refractivity contribution in [2.45, 2.75) is 13.1 Å². The molecule has 2 N–H and O–H groups in total. The molecule has 0 radical (unpaired) electrons. The van der Waals surface area contributed by atoms with E-state index in [0.717, 1.165) is 16.4 Å². The van der Waals surface area contributed by atoms with Crippen molar-refractivity contribution in [3.05, 3.63) is 47.0 Å². The maximum absolute atomic E-state index is 4.57. The van der Waals surface area contributed by atoms with Gasteiger partial charge in [-0.25, -0.2) is 0 Å². The highest BCUT2D eigenvalue weighted by atomic mass is 15.2. The molecular formula is C12H15N3. The maximum Gasteiger partial charge on any atom is 0.139 e. The molecule has 0 aromatic heterocycles. The van der Waals surface area contributed by atoms with Crippen molar-refractivity contribution in [3.63, 3.8) is 0 Å². The monoisotopic (exact) mass is 201 g/mol. The summed E-state index contributed by atoms with van der Waals surface area (Å²) in [6, 6.07) is 8.12. The Labute approximate surface area is 89.2 Å². The number of allylic oxidation sites excluding steroid dienone is 1. The molecule has 0 spiro atoms. The first kappa shape index (κ1) is 9.77. The van der Waals surface area contributed by atoms with Crippen molar-refractivity contribution >= 4 is 5.82 Å². The molecule has 0 aliphatic carbocycles. The van der Waals surface area contributed by atoms with Gasteiger partial charge in [-0.3, -0.25) is 4.99 Å². The molecule has 15 heavy (non-hydrogen) atoms. The first-order valence-electron chi connectivity index (χ1n) is 5.09. The number of nitrogens with zero attached hydrogens (tertiary/aromatic N) is 1. The summed E-state index contributed by atoms with van der Waals surface area (Å²) in [5.74, 6) is 1.03. The van der Waals surface area contributed by atoms with Crippen molar-refractivity contribution in [1.29, 1.82) is 0 Å². The van der Waals surface area contributed by atoms with Gasteiger partial charge in [0.2, 0.25) is 0 Å². The third-order valence-corrected chi connectivity index (χ3v) is 2.37. The van der Waals surface area contributed by atoms with Gasteiger partial charge in [-0.15, -0.1) is 0 Å². The van der Waals surface area contributed by atoms with E-state index in [0.29, 0.717) is 0 Å². The van der Waals surface area contributed by atoms with Gasteiger partial charge in [0.25, 0.3) is 0 Å². The van der Waals surface area contributed by atoms with Crippen LogP contribution in [0.15, 0.2) is 41.4 Å². The molecule has 0 saturated carbocycles. The Kier molecular flexibility index (Phi) is 2.72. The lowest BCUT2D eigenvalue weighted by molar-refractivity contribution is 0.681. The van der Waals surface area contributed by atoms with Crippen LogP contribution >= 0.6 is 0 Å². The minimum absolute atomic E-state index is 0.0346. The van der Waals surface area contributed by atoms with Crippen molar-refractivity contribution < 1.29 is 0 Å². The van der Waals surface area contributed by atoms with Gasteiger partial charge in [-0.05, 0) is 25.1 Å². The minimum atomic E-state index is 0.0346. The number of hydrogen-bond donors (Lipinski definition) is 2. The summed E-state index contributed by atoms with van der Waals surface area (Å²) in [7, 11) is 1.91. The molecule has 78 valence electrons. The van der Waals surface area contributed by atoms with E-state index in [9.17, 15) is 0 Å². The van der Waals surface area contributed by atoms with Crippen LogP contribution in [0.1, 0.15) is 6.92 Å². The number of fused-ring (bicyclic) bond motifs is 1. The highest BCUT2D eigenvalue weighted by molar-refractivity contribution is 5.41. The molecule has 0 fully saturated rings. The van der Waals surface area contributed by atoms with Crippen molar-refractivity contribution in [3.8, 4) is 0 Å². The van der Waals surface area contributed by atoms with Gasteiger partial charge in [0.15, 0.2) is 0 Å². The SMILES string of the molecule is C/C=C/C1N=c2ccccc2=C(NC)N1. The second kappa shape index (κ2) is 4.17. The summed E-state index contributed by atoms with van der Waals surface area (Å²) in [5.41, 5.74) is 0. The third-order valence-electron chi connectivity index (χ3n) is 2.37.